The summed E-state index contributed by atoms with van der Waals surface area (Å²) in [7, 11) is 0. The summed E-state index contributed by atoms with van der Waals surface area (Å²) in [5.41, 5.74) is -0.504. The van der Waals surface area contributed by atoms with Gasteiger partial charge < -0.3 is 14.9 Å². The zero-order chi connectivity index (χ0) is 14.9. The average Bonchev–Trinajstić information content (AvgIpc) is 2.91. The van der Waals surface area contributed by atoms with E-state index in [-0.39, 0.29) is 12.0 Å². The van der Waals surface area contributed by atoms with Crippen LogP contribution < -0.4 is 0 Å². The number of aliphatic hydroxyl groups is 2. The van der Waals surface area contributed by atoms with Crippen molar-refractivity contribution in [2.24, 2.45) is 11.8 Å². The largest absolute Gasteiger partial charge is 0.393 e. The van der Waals surface area contributed by atoms with E-state index < -0.39 is 5.60 Å². The first-order valence-electron chi connectivity index (χ1n) is 8.80. The van der Waals surface area contributed by atoms with Crippen LogP contribution >= 0.6 is 0 Å². The van der Waals surface area contributed by atoms with Crippen LogP contribution in [0.3, 0.4) is 0 Å². The molecule has 2 N–H and O–H groups in total. The minimum Gasteiger partial charge on any atom is -0.393 e. The van der Waals surface area contributed by atoms with Crippen molar-refractivity contribution >= 4 is 0 Å². The molecule has 0 bridgehead atoms. The van der Waals surface area contributed by atoms with Gasteiger partial charge in [0.25, 0.3) is 0 Å². The van der Waals surface area contributed by atoms with Gasteiger partial charge in [0, 0.05) is 25.1 Å². The monoisotopic (exact) mass is 297 g/mol. The number of likely N-dealkylation sites (tertiary alicyclic amines) is 1. The Labute approximate surface area is 128 Å². The molecule has 3 rings (SSSR count). The Morgan fingerprint density at radius 2 is 1.95 bits per heavy atom. The first-order valence-corrected chi connectivity index (χ1v) is 8.80. The van der Waals surface area contributed by atoms with Crippen molar-refractivity contribution in [3.05, 3.63) is 0 Å². The van der Waals surface area contributed by atoms with Crippen molar-refractivity contribution in [1.29, 1.82) is 0 Å². The molecule has 122 valence electrons. The molecule has 0 aromatic rings. The van der Waals surface area contributed by atoms with E-state index in [1.165, 1.54) is 6.42 Å². The molecule has 3 fully saturated rings. The van der Waals surface area contributed by atoms with Crippen LogP contribution in [0.25, 0.3) is 0 Å². The predicted molar refractivity (Wildman–Crippen MR) is 82.1 cm³/mol. The second kappa shape index (κ2) is 6.53. The molecule has 2 heterocycles. The Morgan fingerprint density at radius 3 is 2.67 bits per heavy atom. The molecule has 0 amide bonds. The molecular formula is C17H31NO3. The Balaban J connectivity index is 1.61. The van der Waals surface area contributed by atoms with Crippen LogP contribution in [0.4, 0.5) is 0 Å². The van der Waals surface area contributed by atoms with Gasteiger partial charge in [-0.1, -0.05) is 6.92 Å². The summed E-state index contributed by atoms with van der Waals surface area (Å²) in [6.07, 6.45) is 7.00. The summed E-state index contributed by atoms with van der Waals surface area (Å²) < 4.78 is 5.59. The van der Waals surface area contributed by atoms with Gasteiger partial charge in [-0.25, -0.2) is 0 Å². The van der Waals surface area contributed by atoms with Crippen LogP contribution in [0.2, 0.25) is 0 Å². The normalized spacial score (nSPS) is 45.9. The summed E-state index contributed by atoms with van der Waals surface area (Å²) >= 11 is 0. The average molecular weight is 297 g/mol. The summed E-state index contributed by atoms with van der Waals surface area (Å²) in [4.78, 5) is 2.44. The van der Waals surface area contributed by atoms with Gasteiger partial charge in [0.1, 0.15) is 0 Å². The lowest BCUT2D eigenvalue weighted by Crippen LogP contribution is -2.52. The van der Waals surface area contributed by atoms with Crippen LogP contribution in [-0.2, 0) is 4.74 Å². The third-order valence-electron chi connectivity index (χ3n) is 5.97. The molecule has 0 aromatic heterocycles. The van der Waals surface area contributed by atoms with E-state index in [4.69, 9.17) is 4.74 Å². The van der Waals surface area contributed by atoms with Gasteiger partial charge in [0.05, 0.1) is 18.3 Å². The van der Waals surface area contributed by atoms with Crippen molar-refractivity contribution in [2.45, 2.75) is 69.6 Å². The van der Waals surface area contributed by atoms with Crippen molar-refractivity contribution in [3.63, 3.8) is 0 Å². The third-order valence-corrected chi connectivity index (χ3v) is 5.97. The van der Waals surface area contributed by atoms with Crippen LogP contribution in [0.1, 0.15) is 51.9 Å². The molecule has 1 aliphatic carbocycles. The lowest BCUT2D eigenvalue weighted by atomic mass is 9.79. The van der Waals surface area contributed by atoms with E-state index in [2.05, 4.69) is 11.8 Å². The second-order valence-corrected chi connectivity index (χ2v) is 7.68. The fourth-order valence-corrected chi connectivity index (χ4v) is 4.48. The number of nitrogens with zero attached hydrogens (tertiary/aromatic N) is 1. The van der Waals surface area contributed by atoms with Crippen LogP contribution in [0.5, 0.6) is 0 Å². The SMILES string of the molecule is CC1CCC(O)(CN2CCC[C@@H]2[C@H]2COCC[C@H]2O)CC1. The zero-order valence-electron chi connectivity index (χ0n) is 13.3. The standard InChI is InChI=1S/C17H31NO3/c1-13-4-7-17(20,8-5-13)12-18-9-2-3-15(18)14-11-21-10-6-16(14)19/h13-16,19-20H,2-12H2,1H3/t13?,14-,15-,16-,17?/m1/s1. The Kier molecular flexibility index (Phi) is 4.89. The summed E-state index contributed by atoms with van der Waals surface area (Å²) in [5.74, 6) is 0.987. The molecule has 4 nitrogen and oxygen atoms in total. The van der Waals surface area contributed by atoms with E-state index in [1.54, 1.807) is 0 Å². The van der Waals surface area contributed by atoms with Crippen molar-refractivity contribution in [2.75, 3.05) is 26.3 Å². The highest BCUT2D eigenvalue weighted by Gasteiger charge is 2.41. The van der Waals surface area contributed by atoms with Gasteiger partial charge in [-0.05, 0) is 57.4 Å². The number of ether oxygens (including phenoxy) is 1. The van der Waals surface area contributed by atoms with E-state index in [0.29, 0.717) is 19.3 Å². The molecular weight excluding hydrogens is 266 g/mol. The number of β-amino-alcohol motifs (C(OH)–C–C–N with tert-alkyl or cyclic N) is 1. The highest BCUT2D eigenvalue weighted by molar-refractivity contribution is 4.95. The Hall–Kier alpha value is -0.160. The van der Waals surface area contributed by atoms with Crippen molar-refractivity contribution < 1.29 is 14.9 Å². The van der Waals surface area contributed by atoms with Gasteiger partial charge in [0.15, 0.2) is 0 Å². The number of hydrogen-bond donors (Lipinski definition) is 2. The fraction of sp³-hybridized carbons (Fsp3) is 1.00. The maximum absolute atomic E-state index is 10.9. The van der Waals surface area contributed by atoms with Gasteiger partial charge >= 0.3 is 0 Å². The molecule has 1 saturated carbocycles. The predicted octanol–water partition coefficient (Wildman–Crippen LogP) is 1.79. The van der Waals surface area contributed by atoms with E-state index >= 15 is 0 Å². The lowest BCUT2D eigenvalue weighted by molar-refractivity contribution is -0.0827. The maximum atomic E-state index is 10.9. The van der Waals surface area contributed by atoms with E-state index in [1.807, 2.05) is 0 Å². The number of rotatable bonds is 3. The minimum absolute atomic E-state index is 0.229. The molecule has 3 aliphatic rings. The minimum atomic E-state index is -0.504. The summed E-state index contributed by atoms with van der Waals surface area (Å²) in [6.45, 7) is 5.50. The number of aliphatic hydroxyl groups excluding tert-OH is 1. The topological polar surface area (TPSA) is 52.9 Å². The molecule has 4 heteroatoms. The zero-order valence-corrected chi connectivity index (χ0v) is 13.3. The number of hydrogen-bond acceptors (Lipinski definition) is 4. The molecule has 2 aliphatic heterocycles. The van der Waals surface area contributed by atoms with Gasteiger partial charge in [0.2, 0.25) is 0 Å². The quantitative estimate of drug-likeness (QED) is 0.834. The lowest BCUT2D eigenvalue weighted by Gasteiger charge is -2.42. The molecule has 0 radical (unpaired) electrons. The molecule has 2 saturated heterocycles. The van der Waals surface area contributed by atoms with Crippen LogP contribution in [0, 0.1) is 11.8 Å². The Bertz CT molecular complexity index is 341. The molecule has 0 spiro atoms. The third kappa shape index (κ3) is 3.61. The molecule has 0 unspecified atom stereocenters. The van der Waals surface area contributed by atoms with Crippen LogP contribution in [0.15, 0.2) is 0 Å². The molecule has 0 aromatic carbocycles. The van der Waals surface area contributed by atoms with Crippen molar-refractivity contribution in [1.82, 2.24) is 4.90 Å². The van der Waals surface area contributed by atoms with E-state index in [9.17, 15) is 10.2 Å². The highest BCUT2D eigenvalue weighted by atomic mass is 16.5. The maximum Gasteiger partial charge on any atom is 0.0774 e. The van der Waals surface area contributed by atoms with Gasteiger partial charge in [-0.15, -0.1) is 0 Å². The van der Waals surface area contributed by atoms with Crippen molar-refractivity contribution in [3.8, 4) is 0 Å². The van der Waals surface area contributed by atoms with Crippen LogP contribution in [-0.4, -0.2) is 59.2 Å². The first-order chi connectivity index (χ1) is 10.1. The smallest absolute Gasteiger partial charge is 0.0774 e. The highest BCUT2D eigenvalue weighted by Crippen LogP contribution is 2.36. The molecule has 21 heavy (non-hydrogen) atoms. The van der Waals surface area contributed by atoms with E-state index in [0.717, 1.165) is 57.5 Å². The second-order valence-electron chi connectivity index (χ2n) is 7.68. The fourth-order valence-electron chi connectivity index (χ4n) is 4.48. The first kappa shape index (κ1) is 15.7. The van der Waals surface area contributed by atoms with Gasteiger partial charge in [-0.2, -0.15) is 0 Å². The Morgan fingerprint density at radius 1 is 1.19 bits per heavy atom. The van der Waals surface area contributed by atoms with Gasteiger partial charge in [-0.3, -0.25) is 4.90 Å². The summed E-state index contributed by atoms with van der Waals surface area (Å²) in [5, 5.41) is 21.2. The summed E-state index contributed by atoms with van der Waals surface area (Å²) in [6, 6.07) is 0.392. The molecule has 3 atom stereocenters.